The molecule has 0 bridgehead atoms. The Hall–Kier alpha value is 5.17. The first-order valence-electron chi connectivity index (χ1n) is 9.07. The largest absolute Gasteiger partial charge is 0.421 e. The first-order valence-corrected chi connectivity index (χ1v) is 16.6. The van der Waals surface area contributed by atoms with Crippen LogP contribution in [0.4, 0.5) is 39.5 Å². The van der Waals surface area contributed by atoms with Crippen LogP contribution in [0.15, 0.2) is 0 Å². The summed E-state index contributed by atoms with van der Waals surface area (Å²) in [6.45, 7) is 0.953. The average Bonchev–Trinajstić information content (AvgIpc) is 2.70. The van der Waals surface area contributed by atoms with Crippen LogP contribution in [0.1, 0.15) is 20.3 Å². The summed E-state index contributed by atoms with van der Waals surface area (Å²) in [6.07, 6.45) is -7.07. The molecule has 0 nitrogen and oxygen atoms in total. The van der Waals surface area contributed by atoms with Crippen LogP contribution in [-0.2, 0) is 0 Å². The molecular weight excluding hydrogens is 1060 g/mol. The molecule has 0 aromatic carbocycles. The number of hydrogen-bond acceptors (Lipinski definition) is 0. The molecule has 0 aliphatic carbocycles. The predicted octanol–water partition coefficient (Wildman–Crippen LogP) is 16.9. The third-order valence-corrected chi connectivity index (χ3v) is 9.44. The maximum Gasteiger partial charge on any atom is 0.421 e. The Balaban J connectivity index is -0.000000146. The van der Waals surface area contributed by atoms with E-state index >= 15 is 0 Å². The monoisotopic (exact) mass is 1060 g/mol. The molecule has 0 fully saturated rings. The zero-order valence-electron chi connectivity index (χ0n) is 20.0. The van der Waals surface area contributed by atoms with E-state index in [-0.39, 0.29) is 0 Å². The molecule has 0 amide bonds. The molecule has 0 radical (unpaired) electrons. The highest BCUT2D eigenvalue weighted by Crippen LogP contribution is 2.55. The van der Waals surface area contributed by atoms with Gasteiger partial charge in [0.1, 0.15) is 6.67 Å². The molecule has 0 saturated carbocycles. The summed E-state index contributed by atoms with van der Waals surface area (Å²) < 4.78 is 89.6. The van der Waals surface area contributed by atoms with Crippen molar-refractivity contribution < 1.29 is 39.5 Å². The predicted molar refractivity (Wildman–Crippen MR) is 179 cm³/mol. The number of alkyl halides is 29. The zero-order chi connectivity index (χ0) is 38.0. The third-order valence-electron chi connectivity index (χ3n) is 2.85. The lowest BCUT2D eigenvalue weighted by atomic mass is 10.4. The summed E-state index contributed by atoms with van der Waals surface area (Å²) in [4.78, 5) is 0. The molecule has 0 saturated heterocycles. The summed E-state index contributed by atoms with van der Waals surface area (Å²) in [5.74, 6) is -4.03. The first kappa shape index (κ1) is 58.5. The molecule has 274 valence electrons. The lowest BCUT2D eigenvalue weighted by Gasteiger charge is -2.29. The molecular formula is C15H11Cl20F9. The molecule has 0 spiro atoms. The topological polar surface area (TPSA) is 0 Å². The maximum absolute atomic E-state index is 12.6. The molecule has 0 aromatic rings. The summed E-state index contributed by atoms with van der Waals surface area (Å²) >= 11 is 98.5. The molecule has 1 atom stereocenters. The summed E-state index contributed by atoms with van der Waals surface area (Å²) in [5.41, 5.74) is 0. The van der Waals surface area contributed by atoms with Crippen molar-refractivity contribution in [2.45, 2.75) is 71.5 Å². The SMILES string of the molecule is CC(Cl)(Cl)C(F)(F)F.CCC(Cl)(Cl)Cl.FC(F)(C(Cl)(Cl)Cl)C(Cl)(Cl)Cl.FC(F)C(Cl)(Cl)C(Cl)(Cl)Cl.FCC(F)(Cl)C(Cl)(Cl)Cl. The van der Waals surface area contributed by atoms with E-state index in [4.69, 9.17) is 209 Å². The van der Waals surface area contributed by atoms with E-state index in [2.05, 4.69) is 23.2 Å². The highest BCUT2D eigenvalue weighted by molar-refractivity contribution is 6.76. The molecule has 0 heterocycles. The fraction of sp³-hybridized carbons (Fsp3) is 1.00. The van der Waals surface area contributed by atoms with Gasteiger partial charge in [0, 0.05) is 0 Å². The van der Waals surface area contributed by atoms with Crippen LogP contribution < -0.4 is 0 Å². The van der Waals surface area contributed by atoms with E-state index < -0.39 is 58.0 Å². The van der Waals surface area contributed by atoms with E-state index in [1.165, 1.54) is 0 Å². The molecule has 29 heteroatoms. The zero-order valence-corrected chi connectivity index (χ0v) is 35.1. The number of halogens is 29. The van der Waals surface area contributed by atoms with Crippen LogP contribution in [0, 0.1) is 0 Å². The first-order chi connectivity index (χ1) is 18.3. The molecule has 0 N–H and O–H groups in total. The summed E-state index contributed by atoms with van der Waals surface area (Å²) in [6, 6.07) is 0. The van der Waals surface area contributed by atoms with Gasteiger partial charge in [0.15, 0.2) is 3.79 Å². The Morgan fingerprint density at radius 2 is 0.727 bits per heavy atom. The van der Waals surface area contributed by atoms with Crippen LogP contribution in [0.2, 0.25) is 0 Å². The van der Waals surface area contributed by atoms with Gasteiger partial charge in [-0.05, 0) is 13.3 Å². The lowest BCUT2D eigenvalue weighted by Crippen LogP contribution is -2.45. The van der Waals surface area contributed by atoms with Crippen LogP contribution in [0.25, 0.3) is 0 Å². The molecule has 0 aliphatic heterocycles. The van der Waals surface area contributed by atoms with Crippen molar-refractivity contribution in [3.05, 3.63) is 0 Å². The highest BCUT2D eigenvalue weighted by atomic mass is 35.6. The van der Waals surface area contributed by atoms with Gasteiger partial charge in [0.25, 0.3) is 19.1 Å². The van der Waals surface area contributed by atoms with Gasteiger partial charge in [-0.2, -0.15) is 22.0 Å². The second kappa shape index (κ2) is 21.8. The summed E-state index contributed by atoms with van der Waals surface area (Å²) in [7, 11) is 0. The van der Waals surface area contributed by atoms with Gasteiger partial charge in [0.05, 0.1) is 0 Å². The molecule has 0 aliphatic rings. The minimum Gasteiger partial charge on any atom is -0.246 e. The molecule has 0 aromatic heterocycles. The van der Waals surface area contributed by atoms with E-state index in [0.29, 0.717) is 13.3 Å². The fourth-order valence-electron chi connectivity index (χ4n) is 0.360. The van der Waals surface area contributed by atoms with Gasteiger partial charge in [-0.1, -0.05) is 239 Å². The van der Waals surface area contributed by atoms with Crippen molar-refractivity contribution in [2.75, 3.05) is 6.67 Å². The molecule has 0 rings (SSSR count). The van der Waals surface area contributed by atoms with Gasteiger partial charge in [-0.25, -0.2) is 17.6 Å². The number of hydrogen-bond donors (Lipinski definition) is 0. The van der Waals surface area contributed by atoms with Gasteiger partial charge < -0.3 is 0 Å². The molecule has 44 heavy (non-hydrogen) atoms. The second-order valence-electron chi connectivity index (χ2n) is 6.68. The second-order valence-corrected chi connectivity index (χ2v) is 22.0. The minimum absolute atomic E-state index is 0.567. The standard InChI is InChI=1S/C3Cl6F2.C3HCl5F2.C3H2Cl4F2.C3H5Cl3.C3H3Cl2F3/c4-2(5,6)1(10,11)3(7,8)9;4-2(5,1(9)10)3(6,7)8;4-2(9,1-8)3(5,6)7;1-2-3(4,5)6;1-2(4,5)3(6,7)8/h;1H;1H2;2H2,1H3;1H3. The van der Waals surface area contributed by atoms with Gasteiger partial charge in [-0.3, -0.25) is 0 Å². The Morgan fingerprint density at radius 1 is 0.500 bits per heavy atom. The van der Waals surface area contributed by atoms with E-state index in [1.807, 2.05) is 6.92 Å². The van der Waals surface area contributed by atoms with Crippen molar-refractivity contribution in [1.29, 1.82) is 0 Å². The Morgan fingerprint density at radius 3 is 0.727 bits per heavy atom. The Labute approximate surface area is 345 Å². The van der Waals surface area contributed by atoms with E-state index in [1.54, 1.807) is 0 Å². The van der Waals surface area contributed by atoms with E-state index in [0.717, 1.165) is 0 Å². The van der Waals surface area contributed by atoms with Crippen molar-refractivity contribution in [3.8, 4) is 0 Å². The van der Waals surface area contributed by atoms with Crippen molar-refractivity contribution in [1.82, 2.24) is 0 Å². The van der Waals surface area contributed by atoms with Gasteiger partial charge in [-0.15, -0.1) is 0 Å². The van der Waals surface area contributed by atoms with Crippen LogP contribution in [-0.4, -0.2) is 58.0 Å². The van der Waals surface area contributed by atoms with Gasteiger partial charge in [0.2, 0.25) is 16.3 Å². The van der Waals surface area contributed by atoms with Crippen molar-refractivity contribution in [3.63, 3.8) is 0 Å². The normalized spacial score (nSPS) is 15.3. The maximum atomic E-state index is 12.6. The Kier molecular flexibility index (Phi) is 28.9. The summed E-state index contributed by atoms with van der Waals surface area (Å²) in [5, 5.41) is -2.92. The van der Waals surface area contributed by atoms with Crippen LogP contribution in [0.3, 0.4) is 0 Å². The van der Waals surface area contributed by atoms with Crippen molar-refractivity contribution >= 4 is 232 Å². The van der Waals surface area contributed by atoms with Gasteiger partial charge >= 0.3 is 12.1 Å². The smallest absolute Gasteiger partial charge is 0.246 e. The van der Waals surface area contributed by atoms with E-state index in [9.17, 15) is 39.5 Å². The molecule has 1 unspecified atom stereocenters. The third kappa shape index (κ3) is 26.0. The lowest BCUT2D eigenvalue weighted by molar-refractivity contribution is -0.137. The van der Waals surface area contributed by atoms with Crippen molar-refractivity contribution in [2.24, 2.45) is 0 Å². The fourth-order valence-corrected chi connectivity index (χ4v) is 2.04. The van der Waals surface area contributed by atoms with Crippen LogP contribution in [0.5, 0.6) is 0 Å². The highest BCUT2D eigenvalue weighted by Gasteiger charge is 2.64. The number of rotatable bonds is 2. The van der Waals surface area contributed by atoms with Crippen LogP contribution >= 0.6 is 232 Å². The average molecular weight is 1070 g/mol. The quantitative estimate of drug-likeness (QED) is 0.191. The minimum atomic E-state index is -4.53. The Bertz CT molecular complexity index is 741.